The van der Waals surface area contributed by atoms with Crippen molar-refractivity contribution in [3.05, 3.63) is 58.8 Å². The van der Waals surface area contributed by atoms with E-state index in [1.807, 2.05) is 12.1 Å². The third-order valence-corrected chi connectivity index (χ3v) is 2.35. The van der Waals surface area contributed by atoms with Crippen LogP contribution in [0.2, 0.25) is 0 Å². The summed E-state index contributed by atoms with van der Waals surface area (Å²) in [6, 6.07) is 14.2. The number of hydrogen-bond acceptors (Lipinski definition) is 1. The minimum absolute atomic E-state index is 0.180. The number of benzene rings is 2. The quantitative estimate of drug-likeness (QED) is 0.792. The third-order valence-electron chi connectivity index (χ3n) is 1.82. The number of hydrogen-bond donors (Lipinski definition) is 0. The Morgan fingerprint density at radius 3 is 2.53 bits per heavy atom. The van der Waals surface area contributed by atoms with Crippen molar-refractivity contribution in [1.82, 2.24) is 0 Å². The second-order valence-electron chi connectivity index (χ2n) is 2.91. The second kappa shape index (κ2) is 4.45. The molecule has 2 aromatic rings. The molecule has 1 radical (unpaired) electrons. The van der Waals surface area contributed by atoms with Crippen LogP contribution in [0.3, 0.4) is 0 Å². The van der Waals surface area contributed by atoms with Crippen LogP contribution in [-0.4, -0.2) is 0 Å². The van der Waals surface area contributed by atoms with Crippen LogP contribution in [0.15, 0.2) is 46.9 Å². The highest BCUT2D eigenvalue weighted by atomic mass is 79.9. The molecule has 0 atom stereocenters. The molecule has 2 aromatic carbocycles. The van der Waals surface area contributed by atoms with E-state index in [-0.39, 0.29) is 5.75 Å². The van der Waals surface area contributed by atoms with Gasteiger partial charge in [0.05, 0.1) is 0 Å². The first-order valence-electron chi connectivity index (χ1n) is 4.35. The lowest BCUT2D eigenvalue weighted by Gasteiger charge is -2.05. The van der Waals surface area contributed by atoms with Gasteiger partial charge in [-0.1, -0.05) is 22.0 Å². The zero-order valence-electron chi connectivity index (χ0n) is 7.71. The van der Waals surface area contributed by atoms with Crippen molar-refractivity contribution >= 4 is 15.9 Å². The molecule has 3 heteroatoms. The van der Waals surface area contributed by atoms with Crippen molar-refractivity contribution in [2.45, 2.75) is 0 Å². The predicted molar refractivity (Wildman–Crippen MR) is 59.5 cm³/mol. The summed E-state index contributed by atoms with van der Waals surface area (Å²) in [4.78, 5) is 0. The van der Waals surface area contributed by atoms with Crippen molar-refractivity contribution in [2.75, 3.05) is 0 Å². The number of ether oxygens (including phenoxy) is 1. The van der Waals surface area contributed by atoms with Crippen LogP contribution in [0.5, 0.6) is 11.5 Å². The Morgan fingerprint density at radius 1 is 1.13 bits per heavy atom. The average molecular weight is 266 g/mol. The minimum Gasteiger partial charge on any atom is -0.454 e. The van der Waals surface area contributed by atoms with E-state index in [0.717, 1.165) is 4.47 Å². The predicted octanol–water partition coefficient (Wildman–Crippen LogP) is 4.18. The molecule has 0 aliphatic rings. The molecule has 0 spiro atoms. The molecule has 0 aliphatic carbocycles. The summed E-state index contributed by atoms with van der Waals surface area (Å²) in [5, 5.41) is 0. The molecule has 1 nitrogen and oxygen atoms in total. The maximum absolute atomic E-state index is 13.2. The summed E-state index contributed by atoms with van der Waals surface area (Å²) in [6.07, 6.45) is 0. The number of halogens is 2. The van der Waals surface area contributed by atoms with Crippen LogP contribution in [0, 0.1) is 11.9 Å². The van der Waals surface area contributed by atoms with Crippen molar-refractivity contribution in [3.8, 4) is 11.5 Å². The Balaban J connectivity index is 2.22. The average Bonchev–Trinajstić information content (AvgIpc) is 2.25. The summed E-state index contributed by atoms with van der Waals surface area (Å²) in [6.45, 7) is 0. The van der Waals surface area contributed by atoms with Gasteiger partial charge in [0.15, 0.2) is 11.6 Å². The van der Waals surface area contributed by atoms with E-state index in [9.17, 15) is 4.39 Å². The molecular formula is C12H7BrFO. The highest BCUT2D eigenvalue weighted by Crippen LogP contribution is 2.24. The Morgan fingerprint density at radius 2 is 1.87 bits per heavy atom. The Kier molecular flexibility index (Phi) is 3.02. The van der Waals surface area contributed by atoms with Gasteiger partial charge >= 0.3 is 0 Å². The molecule has 2 rings (SSSR count). The highest BCUT2D eigenvalue weighted by Gasteiger charge is 2.02. The Labute approximate surface area is 95.6 Å². The molecule has 0 unspecified atom stereocenters. The normalized spacial score (nSPS) is 10.0. The fraction of sp³-hybridized carbons (Fsp3) is 0. The lowest BCUT2D eigenvalue weighted by molar-refractivity contribution is 0.442. The summed E-state index contributed by atoms with van der Waals surface area (Å²) in [7, 11) is 0. The molecule has 0 bridgehead atoms. The molecule has 0 N–H and O–H groups in total. The summed E-state index contributed by atoms with van der Waals surface area (Å²) >= 11 is 3.31. The first-order chi connectivity index (χ1) is 7.25. The number of rotatable bonds is 2. The fourth-order valence-corrected chi connectivity index (χ4v) is 1.37. The van der Waals surface area contributed by atoms with Gasteiger partial charge in [0, 0.05) is 4.47 Å². The molecular weight excluding hydrogens is 259 g/mol. The highest BCUT2D eigenvalue weighted by molar-refractivity contribution is 9.10. The lowest BCUT2D eigenvalue weighted by atomic mass is 10.3. The van der Waals surface area contributed by atoms with Crippen LogP contribution in [0.25, 0.3) is 0 Å². The monoisotopic (exact) mass is 265 g/mol. The van der Waals surface area contributed by atoms with E-state index in [0.29, 0.717) is 5.75 Å². The smallest absolute Gasteiger partial charge is 0.165 e. The van der Waals surface area contributed by atoms with Crippen LogP contribution in [-0.2, 0) is 0 Å². The molecule has 15 heavy (non-hydrogen) atoms. The first-order valence-corrected chi connectivity index (χ1v) is 5.14. The molecule has 0 fully saturated rings. The summed E-state index contributed by atoms with van der Waals surface area (Å²) < 4.78 is 19.5. The van der Waals surface area contributed by atoms with Gasteiger partial charge in [-0.05, 0) is 42.5 Å². The second-order valence-corrected chi connectivity index (χ2v) is 3.83. The maximum Gasteiger partial charge on any atom is 0.165 e. The molecule has 0 aliphatic heterocycles. The van der Waals surface area contributed by atoms with Crippen LogP contribution in [0.4, 0.5) is 4.39 Å². The molecule has 0 amide bonds. The van der Waals surface area contributed by atoms with Gasteiger partial charge < -0.3 is 4.74 Å². The van der Waals surface area contributed by atoms with E-state index >= 15 is 0 Å². The summed E-state index contributed by atoms with van der Waals surface area (Å²) in [5.74, 6) is 0.383. The van der Waals surface area contributed by atoms with Gasteiger partial charge in [-0.15, -0.1) is 0 Å². The van der Waals surface area contributed by atoms with E-state index in [1.165, 1.54) is 18.2 Å². The lowest BCUT2D eigenvalue weighted by Crippen LogP contribution is -1.87. The summed E-state index contributed by atoms with van der Waals surface area (Å²) in [5.41, 5.74) is 0. The largest absolute Gasteiger partial charge is 0.454 e. The third kappa shape index (κ3) is 2.57. The van der Waals surface area contributed by atoms with Gasteiger partial charge in [-0.3, -0.25) is 0 Å². The van der Waals surface area contributed by atoms with Gasteiger partial charge in [0.1, 0.15) is 5.75 Å². The van der Waals surface area contributed by atoms with Crippen LogP contribution in [0.1, 0.15) is 0 Å². The van der Waals surface area contributed by atoms with Gasteiger partial charge in [0.2, 0.25) is 0 Å². The molecule has 0 saturated carbocycles. The standard InChI is InChI=1S/C12H7BrFO/c13-9-5-7-10(8-6-9)15-12-4-2-1-3-11(12)14/h1,3-8H. The minimum atomic E-state index is -0.392. The zero-order valence-corrected chi connectivity index (χ0v) is 9.29. The fourth-order valence-electron chi connectivity index (χ4n) is 1.10. The molecule has 75 valence electrons. The van der Waals surface area contributed by atoms with E-state index in [4.69, 9.17) is 4.74 Å². The Hall–Kier alpha value is -1.35. The molecule has 0 heterocycles. The molecule has 0 aromatic heterocycles. The van der Waals surface area contributed by atoms with Crippen molar-refractivity contribution in [2.24, 2.45) is 0 Å². The maximum atomic E-state index is 13.2. The zero-order chi connectivity index (χ0) is 10.7. The van der Waals surface area contributed by atoms with Crippen molar-refractivity contribution in [3.63, 3.8) is 0 Å². The van der Waals surface area contributed by atoms with Crippen LogP contribution < -0.4 is 4.74 Å². The van der Waals surface area contributed by atoms with Crippen LogP contribution >= 0.6 is 15.9 Å². The molecule has 0 saturated heterocycles. The van der Waals surface area contributed by atoms with E-state index < -0.39 is 5.82 Å². The SMILES string of the molecule is Fc1cc[c]cc1Oc1ccc(Br)cc1. The van der Waals surface area contributed by atoms with Gasteiger partial charge in [0.25, 0.3) is 0 Å². The van der Waals surface area contributed by atoms with E-state index in [1.54, 1.807) is 12.1 Å². The van der Waals surface area contributed by atoms with Crippen molar-refractivity contribution in [1.29, 1.82) is 0 Å². The van der Waals surface area contributed by atoms with Gasteiger partial charge in [-0.25, -0.2) is 4.39 Å². The van der Waals surface area contributed by atoms with Gasteiger partial charge in [-0.2, -0.15) is 0 Å². The first kappa shape index (κ1) is 10.2. The van der Waals surface area contributed by atoms with Crippen molar-refractivity contribution < 1.29 is 9.13 Å². The van der Waals surface area contributed by atoms with E-state index in [2.05, 4.69) is 22.0 Å². The Bertz CT molecular complexity index is 453. The topological polar surface area (TPSA) is 9.23 Å².